The quantitative estimate of drug-likeness (QED) is 0.240. The lowest BCUT2D eigenvalue weighted by Crippen LogP contribution is -2.36. The number of benzene rings is 1. The van der Waals surface area contributed by atoms with Gasteiger partial charge in [0.05, 0.1) is 18.8 Å². The largest absolute Gasteiger partial charge is 0.491 e. The van der Waals surface area contributed by atoms with Crippen LogP contribution >= 0.6 is 24.0 Å². The van der Waals surface area contributed by atoms with Crippen LogP contribution in [0.4, 0.5) is 0 Å². The van der Waals surface area contributed by atoms with Crippen molar-refractivity contribution in [2.24, 2.45) is 4.99 Å². The van der Waals surface area contributed by atoms with Crippen LogP contribution in [0.2, 0.25) is 0 Å². The Hall–Kier alpha value is -1.87. The summed E-state index contributed by atoms with van der Waals surface area (Å²) in [6.45, 7) is 9.08. The van der Waals surface area contributed by atoms with Gasteiger partial charge < -0.3 is 20.1 Å². The molecule has 154 valence electrons. The molecule has 0 saturated carbocycles. The molecule has 2 N–H and O–H groups in total. The number of rotatable bonds is 9. The number of aromatic nitrogens is 1. The van der Waals surface area contributed by atoms with Crippen LogP contribution in [0.25, 0.3) is 0 Å². The average molecular weight is 498 g/mol. The highest BCUT2D eigenvalue weighted by Crippen LogP contribution is 2.20. The molecule has 0 bridgehead atoms. The zero-order valence-corrected chi connectivity index (χ0v) is 19.4. The van der Waals surface area contributed by atoms with Crippen LogP contribution in [0, 0.1) is 13.8 Å². The summed E-state index contributed by atoms with van der Waals surface area (Å²) in [5.74, 6) is 1.59. The Labute approximate surface area is 185 Å². The zero-order valence-electron chi connectivity index (χ0n) is 17.1. The van der Waals surface area contributed by atoms with Crippen molar-refractivity contribution < 1.29 is 9.47 Å². The molecule has 0 aliphatic rings. The number of aryl methyl sites for hydroxylation is 2. The van der Waals surface area contributed by atoms with Gasteiger partial charge in [-0.3, -0.25) is 9.98 Å². The zero-order chi connectivity index (χ0) is 19.5. The van der Waals surface area contributed by atoms with Crippen LogP contribution in [0.3, 0.4) is 0 Å². The first-order valence-electron chi connectivity index (χ1n) is 9.29. The number of pyridine rings is 1. The van der Waals surface area contributed by atoms with E-state index < -0.39 is 0 Å². The van der Waals surface area contributed by atoms with E-state index in [4.69, 9.17) is 9.47 Å². The average Bonchev–Trinajstić information content (AvgIpc) is 2.66. The van der Waals surface area contributed by atoms with Gasteiger partial charge in [0.25, 0.3) is 0 Å². The number of ether oxygens (including phenoxy) is 2. The molecule has 2 rings (SSSR count). The highest BCUT2D eigenvalue weighted by atomic mass is 127. The van der Waals surface area contributed by atoms with E-state index >= 15 is 0 Å². The van der Waals surface area contributed by atoms with Crippen LogP contribution in [0.15, 0.2) is 41.4 Å². The molecule has 1 aromatic carbocycles. The first kappa shape index (κ1) is 24.2. The van der Waals surface area contributed by atoms with Gasteiger partial charge in [0, 0.05) is 31.5 Å². The summed E-state index contributed by atoms with van der Waals surface area (Å²) in [6.07, 6.45) is 0. The van der Waals surface area contributed by atoms with Crippen molar-refractivity contribution >= 4 is 29.9 Å². The summed E-state index contributed by atoms with van der Waals surface area (Å²) in [5, 5.41) is 6.62. The van der Waals surface area contributed by atoms with Gasteiger partial charge in [-0.15, -0.1) is 24.0 Å². The third kappa shape index (κ3) is 8.43. The van der Waals surface area contributed by atoms with E-state index in [1.165, 1.54) is 0 Å². The van der Waals surface area contributed by atoms with Gasteiger partial charge in [-0.1, -0.05) is 18.2 Å². The normalized spacial score (nSPS) is 10.9. The van der Waals surface area contributed by atoms with Gasteiger partial charge in [0.15, 0.2) is 5.96 Å². The smallest absolute Gasteiger partial charge is 0.191 e. The summed E-state index contributed by atoms with van der Waals surface area (Å²) in [6, 6.07) is 12.2. The number of guanidine groups is 1. The molecule has 0 unspecified atom stereocenters. The van der Waals surface area contributed by atoms with Crippen molar-refractivity contribution in [3.8, 4) is 5.75 Å². The minimum atomic E-state index is 0. The SMILES string of the molecule is CCOCCOc1cc(C)ccc1CNC(=NC)NCc1cccc(C)n1.I. The van der Waals surface area contributed by atoms with Crippen molar-refractivity contribution in [2.75, 3.05) is 26.9 Å². The van der Waals surface area contributed by atoms with Crippen molar-refractivity contribution in [2.45, 2.75) is 33.9 Å². The molecule has 6 nitrogen and oxygen atoms in total. The molecule has 0 radical (unpaired) electrons. The fraction of sp³-hybridized carbons (Fsp3) is 0.429. The van der Waals surface area contributed by atoms with Gasteiger partial charge >= 0.3 is 0 Å². The van der Waals surface area contributed by atoms with Crippen molar-refractivity contribution in [3.63, 3.8) is 0 Å². The molecule has 0 saturated heterocycles. The van der Waals surface area contributed by atoms with Crippen molar-refractivity contribution in [3.05, 3.63) is 58.9 Å². The molecule has 1 aromatic heterocycles. The molecule has 28 heavy (non-hydrogen) atoms. The lowest BCUT2D eigenvalue weighted by atomic mass is 10.1. The van der Waals surface area contributed by atoms with Crippen molar-refractivity contribution in [1.82, 2.24) is 15.6 Å². The van der Waals surface area contributed by atoms with E-state index in [0.717, 1.165) is 34.2 Å². The predicted molar refractivity (Wildman–Crippen MR) is 125 cm³/mol. The second-order valence-corrected chi connectivity index (χ2v) is 6.21. The van der Waals surface area contributed by atoms with Gasteiger partial charge in [-0.25, -0.2) is 0 Å². The Morgan fingerprint density at radius 1 is 1.07 bits per heavy atom. The van der Waals surface area contributed by atoms with Gasteiger partial charge in [-0.05, 0) is 44.5 Å². The Kier molecular flexibility index (Phi) is 11.5. The Morgan fingerprint density at radius 3 is 2.57 bits per heavy atom. The maximum Gasteiger partial charge on any atom is 0.191 e. The number of halogens is 1. The Morgan fingerprint density at radius 2 is 1.86 bits per heavy atom. The molecule has 0 amide bonds. The molecule has 0 atom stereocenters. The monoisotopic (exact) mass is 498 g/mol. The Balaban J connectivity index is 0.00000392. The van der Waals surface area contributed by atoms with Crippen LogP contribution in [-0.4, -0.2) is 37.8 Å². The van der Waals surface area contributed by atoms with Gasteiger partial charge in [-0.2, -0.15) is 0 Å². The Bertz CT molecular complexity index is 753. The summed E-state index contributed by atoms with van der Waals surface area (Å²) in [7, 11) is 1.76. The second-order valence-electron chi connectivity index (χ2n) is 6.21. The van der Waals surface area contributed by atoms with Crippen molar-refractivity contribution in [1.29, 1.82) is 0 Å². The summed E-state index contributed by atoms with van der Waals surface area (Å²) in [4.78, 5) is 8.77. The molecule has 7 heteroatoms. The molecule has 0 aliphatic carbocycles. The van der Waals surface area contributed by atoms with E-state index in [0.29, 0.717) is 32.9 Å². The molecule has 2 aromatic rings. The molecule has 1 heterocycles. The maximum absolute atomic E-state index is 5.89. The number of hydrogen-bond acceptors (Lipinski definition) is 4. The summed E-state index contributed by atoms with van der Waals surface area (Å²) in [5.41, 5.74) is 4.23. The molecule has 0 spiro atoms. The second kappa shape index (κ2) is 13.3. The van der Waals surface area contributed by atoms with Gasteiger partial charge in [0.1, 0.15) is 12.4 Å². The number of nitrogens with one attached hydrogen (secondary N) is 2. The minimum absolute atomic E-state index is 0. The number of nitrogens with zero attached hydrogens (tertiary/aromatic N) is 2. The first-order chi connectivity index (χ1) is 13.1. The topological polar surface area (TPSA) is 67.8 Å². The standard InChI is InChI=1S/C21H30N4O2.HI/c1-5-26-11-12-27-20-13-16(2)9-10-18(20)14-23-21(22-4)24-15-19-8-6-7-17(3)25-19;/h6-10,13H,5,11-12,14-15H2,1-4H3,(H2,22,23,24);1H. The van der Waals surface area contributed by atoms with E-state index in [2.05, 4.69) is 45.7 Å². The number of hydrogen-bond donors (Lipinski definition) is 2. The van der Waals surface area contributed by atoms with Gasteiger partial charge in [0.2, 0.25) is 0 Å². The molecular formula is C21H31IN4O2. The van der Waals surface area contributed by atoms with E-state index in [1.807, 2.05) is 32.0 Å². The lowest BCUT2D eigenvalue weighted by Gasteiger charge is -2.15. The van der Waals surface area contributed by atoms with Crippen LogP contribution in [0.1, 0.15) is 29.4 Å². The third-order valence-electron chi connectivity index (χ3n) is 3.96. The summed E-state index contributed by atoms with van der Waals surface area (Å²) < 4.78 is 11.2. The fourth-order valence-corrected chi connectivity index (χ4v) is 2.57. The van der Waals surface area contributed by atoms with E-state index in [1.54, 1.807) is 7.05 Å². The minimum Gasteiger partial charge on any atom is -0.491 e. The van der Waals surface area contributed by atoms with Crippen LogP contribution in [0.5, 0.6) is 5.75 Å². The maximum atomic E-state index is 5.89. The number of aliphatic imine (C=N–C) groups is 1. The molecular weight excluding hydrogens is 467 g/mol. The molecule has 0 aliphatic heterocycles. The summed E-state index contributed by atoms with van der Waals surface area (Å²) >= 11 is 0. The first-order valence-corrected chi connectivity index (χ1v) is 9.29. The van der Waals surface area contributed by atoms with Crippen LogP contribution < -0.4 is 15.4 Å². The highest BCUT2D eigenvalue weighted by molar-refractivity contribution is 14.0. The fourth-order valence-electron chi connectivity index (χ4n) is 2.57. The predicted octanol–water partition coefficient (Wildman–Crippen LogP) is 3.60. The molecule has 0 fully saturated rings. The van der Waals surface area contributed by atoms with E-state index in [9.17, 15) is 0 Å². The third-order valence-corrected chi connectivity index (χ3v) is 3.96. The lowest BCUT2D eigenvalue weighted by molar-refractivity contribution is 0.110. The highest BCUT2D eigenvalue weighted by Gasteiger charge is 2.06. The van der Waals surface area contributed by atoms with E-state index in [-0.39, 0.29) is 24.0 Å². The van der Waals surface area contributed by atoms with Crippen LogP contribution in [-0.2, 0) is 17.8 Å².